The van der Waals surface area contributed by atoms with Crippen molar-refractivity contribution in [1.29, 1.82) is 5.26 Å². The second kappa shape index (κ2) is 4.69. The minimum Gasteiger partial charge on any atom is -0.461 e. The molecule has 0 radical (unpaired) electrons. The van der Waals surface area contributed by atoms with Gasteiger partial charge in [-0.3, -0.25) is 0 Å². The molecular formula is C14H16N2O2. The minimum atomic E-state index is -0.402. The number of benzene rings is 1. The van der Waals surface area contributed by atoms with Crippen molar-refractivity contribution in [1.82, 2.24) is 0 Å². The van der Waals surface area contributed by atoms with Gasteiger partial charge in [-0.1, -0.05) is 11.6 Å². The molecule has 2 N–H and O–H groups in total. The highest BCUT2D eigenvalue weighted by molar-refractivity contribution is 5.95. The number of anilines is 1. The van der Waals surface area contributed by atoms with Crippen LogP contribution in [0, 0.1) is 23.7 Å². The molecule has 94 valence electrons. The van der Waals surface area contributed by atoms with Crippen LogP contribution in [0.15, 0.2) is 18.2 Å². The van der Waals surface area contributed by atoms with E-state index in [1.54, 1.807) is 12.1 Å². The molecule has 1 saturated carbocycles. The van der Waals surface area contributed by atoms with Gasteiger partial charge in [0.2, 0.25) is 0 Å². The maximum absolute atomic E-state index is 11.9. The highest BCUT2D eigenvalue weighted by Gasteiger charge is 2.43. The summed E-state index contributed by atoms with van der Waals surface area (Å²) in [4.78, 5) is 11.9. The van der Waals surface area contributed by atoms with Crippen molar-refractivity contribution in [3.63, 3.8) is 0 Å². The van der Waals surface area contributed by atoms with E-state index in [1.165, 1.54) is 0 Å². The number of hydrogen-bond acceptors (Lipinski definition) is 4. The molecule has 0 atom stereocenters. The first-order chi connectivity index (χ1) is 8.56. The molecule has 4 heteroatoms. The van der Waals surface area contributed by atoms with Gasteiger partial charge >= 0.3 is 5.97 Å². The van der Waals surface area contributed by atoms with Crippen molar-refractivity contribution >= 4 is 11.7 Å². The molecule has 1 aliphatic rings. The van der Waals surface area contributed by atoms with Gasteiger partial charge in [-0.25, -0.2) is 4.79 Å². The number of rotatable bonds is 4. The fraction of sp³-hybridized carbons (Fsp3) is 0.429. The SMILES string of the molecule is Cc1ccc(N)c(C(=O)OCC2(CC#N)CC2)c1. The van der Waals surface area contributed by atoms with Gasteiger partial charge in [-0.15, -0.1) is 0 Å². The number of carbonyl (C=O) groups excluding carboxylic acids is 1. The molecule has 0 aliphatic heterocycles. The van der Waals surface area contributed by atoms with Crippen molar-refractivity contribution in [2.24, 2.45) is 5.41 Å². The van der Waals surface area contributed by atoms with Crippen molar-refractivity contribution in [3.05, 3.63) is 29.3 Å². The molecule has 0 spiro atoms. The number of carbonyl (C=O) groups is 1. The lowest BCUT2D eigenvalue weighted by molar-refractivity contribution is 0.0420. The molecule has 4 nitrogen and oxygen atoms in total. The monoisotopic (exact) mass is 244 g/mol. The van der Waals surface area contributed by atoms with Crippen LogP contribution in [-0.4, -0.2) is 12.6 Å². The summed E-state index contributed by atoms with van der Waals surface area (Å²) >= 11 is 0. The largest absolute Gasteiger partial charge is 0.461 e. The van der Waals surface area contributed by atoms with E-state index in [2.05, 4.69) is 6.07 Å². The van der Waals surface area contributed by atoms with Crippen LogP contribution in [0.1, 0.15) is 35.2 Å². The number of nitrogen functional groups attached to an aromatic ring is 1. The lowest BCUT2D eigenvalue weighted by Crippen LogP contribution is -2.16. The second-order valence-electron chi connectivity index (χ2n) is 5.00. The third-order valence-corrected chi connectivity index (χ3v) is 3.35. The van der Waals surface area contributed by atoms with Gasteiger partial charge in [0.25, 0.3) is 0 Å². The average molecular weight is 244 g/mol. The molecule has 18 heavy (non-hydrogen) atoms. The number of aryl methyl sites for hydroxylation is 1. The van der Waals surface area contributed by atoms with E-state index in [9.17, 15) is 4.79 Å². The standard InChI is InChI=1S/C14H16N2O2/c1-10-2-3-12(16)11(8-10)13(17)18-9-14(4-5-14)6-7-15/h2-3,8H,4-6,9,16H2,1H3. The molecule has 0 amide bonds. The Labute approximate surface area is 106 Å². The minimum absolute atomic E-state index is 0.0942. The first-order valence-electron chi connectivity index (χ1n) is 5.97. The van der Waals surface area contributed by atoms with Gasteiger partial charge in [0.05, 0.1) is 18.2 Å². The zero-order valence-electron chi connectivity index (χ0n) is 10.4. The number of nitrogens with two attached hydrogens (primary N) is 1. The van der Waals surface area contributed by atoms with Gasteiger partial charge in [-0.2, -0.15) is 5.26 Å². The van der Waals surface area contributed by atoms with E-state index in [1.807, 2.05) is 13.0 Å². The van der Waals surface area contributed by atoms with Gasteiger partial charge in [-0.05, 0) is 31.9 Å². The quantitative estimate of drug-likeness (QED) is 0.652. The van der Waals surface area contributed by atoms with Gasteiger partial charge in [0.15, 0.2) is 0 Å². The Morgan fingerprint density at radius 2 is 2.28 bits per heavy atom. The van der Waals surface area contributed by atoms with Crippen LogP contribution in [0.2, 0.25) is 0 Å². The summed E-state index contributed by atoms with van der Waals surface area (Å²) in [5.74, 6) is -0.402. The molecular weight excluding hydrogens is 228 g/mol. The summed E-state index contributed by atoms with van der Waals surface area (Å²) < 4.78 is 5.27. The number of esters is 1. The summed E-state index contributed by atoms with van der Waals surface area (Å²) in [6.45, 7) is 2.21. The van der Waals surface area contributed by atoms with Crippen molar-refractivity contribution < 1.29 is 9.53 Å². The van der Waals surface area contributed by atoms with Crippen LogP contribution in [0.25, 0.3) is 0 Å². The van der Waals surface area contributed by atoms with Crippen LogP contribution in [-0.2, 0) is 4.74 Å². The van der Waals surface area contributed by atoms with E-state index < -0.39 is 5.97 Å². The second-order valence-corrected chi connectivity index (χ2v) is 5.00. The first kappa shape index (κ1) is 12.4. The van der Waals surface area contributed by atoms with Crippen LogP contribution < -0.4 is 5.73 Å². The molecule has 1 aromatic carbocycles. The van der Waals surface area contributed by atoms with E-state index in [-0.39, 0.29) is 5.41 Å². The maximum atomic E-state index is 11.9. The Bertz CT molecular complexity index is 513. The molecule has 2 rings (SSSR count). The summed E-state index contributed by atoms with van der Waals surface area (Å²) in [5, 5.41) is 8.69. The molecule has 0 aromatic heterocycles. The van der Waals surface area contributed by atoms with E-state index in [0.29, 0.717) is 24.3 Å². The Morgan fingerprint density at radius 3 is 2.89 bits per heavy atom. The van der Waals surface area contributed by atoms with Crippen molar-refractivity contribution in [2.75, 3.05) is 12.3 Å². The average Bonchev–Trinajstić information content (AvgIpc) is 3.10. The van der Waals surface area contributed by atoms with Gasteiger partial charge in [0, 0.05) is 17.5 Å². The molecule has 0 heterocycles. The number of ether oxygens (including phenoxy) is 1. The molecule has 0 unspecified atom stereocenters. The zero-order chi connectivity index (χ0) is 13.2. The van der Waals surface area contributed by atoms with Crippen LogP contribution in [0.3, 0.4) is 0 Å². The summed E-state index contributed by atoms with van der Waals surface area (Å²) in [5.41, 5.74) is 7.46. The first-order valence-corrected chi connectivity index (χ1v) is 5.97. The fourth-order valence-corrected chi connectivity index (χ4v) is 1.86. The predicted octanol–water partition coefficient (Wildman–Crippen LogP) is 2.43. The molecule has 0 bridgehead atoms. The Morgan fingerprint density at radius 1 is 1.56 bits per heavy atom. The highest BCUT2D eigenvalue weighted by atomic mass is 16.5. The van der Waals surface area contributed by atoms with Crippen LogP contribution in [0.4, 0.5) is 5.69 Å². The fourth-order valence-electron chi connectivity index (χ4n) is 1.86. The van der Waals surface area contributed by atoms with E-state index in [0.717, 1.165) is 18.4 Å². The highest BCUT2D eigenvalue weighted by Crippen LogP contribution is 2.48. The lowest BCUT2D eigenvalue weighted by Gasteiger charge is -2.12. The summed E-state index contributed by atoms with van der Waals surface area (Å²) in [7, 11) is 0. The van der Waals surface area contributed by atoms with E-state index >= 15 is 0 Å². The Balaban J connectivity index is 2.00. The molecule has 0 saturated heterocycles. The maximum Gasteiger partial charge on any atom is 0.340 e. The molecule has 1 aliphatic carbocycles. The van der Waals surface area contributed by atoms with E-state index in [4.69, 9.17) is 15.7 Å². The predicted molar refractivity (Wildman–Crippen MR) is 67.8 cm³/mol. The number of nitrogens with zero attached hydrogens (tertiary/aromatic N) is 1. The van der Waals surface area contributed by atoms with Crippen LogP contribution in [0.5, 0.6) is 0 Å². The smallest absolute Gasteiger partial charge is 0.340 e. The summed E-state index contributed by atoms with van der Waals surface area (Å²) in [6, 6.07) is 7.42. The Kier molecular flexibility index (Phi) is 3.24. The van der Waals surface area contributed by atoms with Gasteiger partial charge < -0.3 is 10.5 Å². The third-order valence-electron chi connectivity index (χ3n) is 3.35. The van der Waals surface area contributed by atoms with Crippen molar-refractivity contribution in [2.45, 2.75) is 26.2 Å². The number of nitriles is 1. The normalized spacial score (nSPS) is 15.8. The lowest BCUT2D eigenvalue weighted by atomic mass is 10.1. The zero-order valence-corrected chi connectivity index (χ0v) is 10.4. The molecule has 1 fully saturated rings. The topological polar surface area (TPSA) is 76.1 Å². The summed E-state index contributed by atoms with van der Waals surface area (Å²) in [6.07, 6.45) is 2.36. The van der Waals surface area contributed by atoms with Crippen molar-refractivity contribution in [3.8, 4) is 6.07 Å². The number of hydrogen-bond donors (Lipinski definition) is 1. The Hall–Kier alpha value is -2.02. The van der Waals surface area contributed by atoms with Crippen LogP contribution >= 0.6 is 0 Å². The van der Waals surface area contributed by atoms with Gasteiger partial charge in [0.1, 0.15) is 0 Å². The molecule has 1 aromatic rings. The third kappa shape index (κ3) is 2.62.